The molecule has 0 saturated heterocycles. The molecule has 0 amide bonds. The molecule has 1 aromatic heterocycles. The van der Waals surface area contributed by atoms with Crippen molar-refractivity contribution in [3.63, 3.8) is 0 Å². The van der Waals surface area contributed by atoms with Crippen LogP contribution in [0, 0.1) is 11.6 Å². The van der Waals surface area contributed by atoms with Crippen molar-refractivity contribution in [2.24, 2.45) is 0 Å². The molecule has 1 aromatic carbocycles. The molecule has 0 aliphatic heterocycles. The van der Waals surface area contributed by atoms with Gasteiger partial charge >= 0.3 is 5.76 Å². The molecule has 0 saturated carbocycles. The third-order valence-corrected chi connectivity index (χ3v) is 1.84. The average Bonchev–Trinajstić information content (AvgIpc) is 2.58. The summed E-state index contributed by atoms with van der Waals surface area (Å²) in [6.45, 7) is 0. The van der Waals surface area contributed by atoms with Crippen LogP contribution in [-0.2, 0) is 6.42 Å². The molecule has 1 N–H and O–H groups in total. The summed E-state index contributed by atoms with van der Waals surface area (Å²) in [6, 6.07) is 3.47. The molecule has 1 heterocycles. The van der Waals surface area contributed by atoms with Gasteiger partial charge in [-0.2, -0.15) is 0 Å². The number of aromatic nitrogens is 2. The molecule has 2 aromatic rings. The van der Waals surface area contributed by atoms with Crippen molar-refractivity contribution in [2.45, 2.75) is 6.42 Å². The molecule has 0 unspecified atom stereocenters. The monoisotopic (exact) mass is 212 g/mol. The van der Waals surface area contributed by atoms with Gasteiger partial charge < -0.3 is 0 Å². The van der Waals surface area contributed by atoms with Gasteiger partial charge in [-0.1, -0.05) is 11.2 Å². The molecule has 0 spiro atoms. The maximum atomic E-state index is 12.8. The van der Waals surface area contributed by atoms with Gasteiger partial charge in [0.25, 0.3) is 0 Å². The Morgan fingerprint density at radius 2 is 2.13 bits per heavy atom. The Kier molecular flexibility index (Phi) is 2.32. The predicted octanol–water partition coefficient (Wildman–Crippen LogP) is 1.23. The number of nitrogens with zero attached hydrogens (tertiary/aromatic N) is 1. The maximum Gasteiger partial charge on any atom is 0.438 e. The van der Waals surface area contributed by atoms with Gasteiger partial charge in [-0.15, -0.1) is 0 Å². The summed E-state index contributed by atoms with van der Waals surface area (Å²) in [5, 5.41) is 3.40. The highest BCUT2D eigenvalue weighted by Gasteiger charge is 2.06. The largest absolute Gasteiger partial charge is 0.438 e. The molecule has 0 aliphatic rings. The molecule has 2 rings (SSSR count). The smallest absolute Gasteiger partial charge is 0.296 e. The first-order chi connectivity index (χ1) is 7.15. The van der Waals surface area contributed by atoms with Gasteiger partial charge in [-0.3, -0.25) is 9.51 Å². The van der Waals surface area contributed by atoms with Gasteiger partial charge in [0, 0.05) is 6.42 Å². The summed E-state index contributed by atoms with van der Waals surface area (Å²) in [4.78, 5) is 12.9. The number of H-pyrrole nitrogens is 1. The lowest BCUT2D eigenvalue weighted by Crippen LogP contribution is -1.98. The minimum atomic E-state index is -0.932. The van der Waals surface area contributed by atoms with Crippen molar-refractivity contribution >= 4 is 0 Å². The van der Waals surface area contributed by atoms with Crippen LogP contribution in [0.1, 0.15) is 11.4 Å². The lowest BCUT2D eigenvalue weighted by atomic mass is 10.1. The maximum absolute atomic E-state index is 12.8. The molecule has 0 fully saturated rings. The van der Waals surface area contributed by atoms with E-state index in [1.165, 1.54) is 6.07 Å². The molecule has 0 bridgehead atoms. The quantitative estimate of drug-likeness (QED) is 0.814. The normalized spacial score (nSPS) is 10.5. The van der Waals surface area contributed by atoms with Crippen LogP contribution in [0.15, 0.2) is 27.5 Å². The number of halogens is 2. The minimum absolute atomic E-state index is 0.183. The summed E-state index contributed by atoms with van der Waals surface area (Å²) in [6.07, 6.45) is 0.183. The number of nitrogens with one attached hydrogen (secondary N) is 1. The number of hydrogen-bond acceptors (Lipinski definition) is 3. The SMILES string of the molecule is O=c1[nH]c(Cc2ccc(F)c(F)c2)no1. The van der Waals surface area contributed by atoms with Crippen LogP contribution in [0.3, 0.4) is 0 Å². The fourth-order valence-electron chi connectivity index (χ4n) is 1.18. The van der Waals surface area contributed by atoms with E-state index in [9.17, 15) is 13.6 Å². The van der Waals surface area contributed by atoms with Gasteiger partial charge in [0.05, 0.1) is 0 Å². The van der Waals surface area contributed by atoms with E-state index in [0.29, 0.717) is 5.56 Å². The molecular weight excluding hydrogens is 206 g/mol. The van der Waals surface area contributed by atoms with Crippen LogP contribution in [0.2, 0.25) is 0 Å². The molecule has 0 aliphatic carbocycles. The zero-order valence-corrected chi connectivity index (χ0v) is 7.46. The van der Waals surface area contributed by atoms with Crippen molar-refractivity contribution in [1.29, 1.82) is 0 Å². The second-order valence-electron chi connectivity index (χ2n) is 2.97. The molecule has 0 atom stereocenters. The van der Waals surface area contributed by atoms with E-state index in [2.05, 4.69) is 14.7 Å². The van der Waals surface area contributed by atoms with E-state index >= 15 is 0 Å². The minimum Gasteiger partial charge on any atom is -0.296 e. The molecule has 6 heteroatoms. The van der Waals surface area contributed by atoms with Crippen LogP contribution in [0.25, 0.3) is 0 Å². The fraction of sp³-hybridized carbons (Fsp3) is 0.111. The van der Waals surface area contributed by atoms with Gasteiger partial charge in [0.15, 0.2) is 17.5 Å². The molecule has 15 heavy (non-hydrogen) atoms. The Balaban J connectivity index is 2.24. The lowest BCUT2D eigenvalue weighted by Gasteiger charge is -1.97. The van der Waals surface area contributed by atoms with E-state index in [-0.39, 0.29) is 12.2 Å². The fourth-order valence-corrected chi connectivity index (χ4v) is 1.18. The summed E-state index contributed by atoms with van der Waals surface area (Å²) in [7, 11) is 0. The van der Waals surface area contributed by atoms with E-state index in [1.54, 1.807) is 0 Å². The molecule has 0 radical (unpaired) electrons. The van der Waals surface area contributed by atoms with Crippen LogP contribution in [0.4, 0.5) is 8.78 Å². The standard InChI is InChI=1S/C9H6F2N2O2/c10-6-2-1-5(3-7(6)11)4-8-12-9(14)15-13-8/h1-3H,4H2,(H,12,13,14). The van der Waals surface area contributed by atoms with Gasteiger partial charge in [0.1, 0.15) is 0 Å². The van der Waals surface area contributed by atoms with Crippen molar-refractivity contribution < 1.29 is 13.3 Å². The third-order valence-electron chi connectivity index (χ3n) is 1.84. The van der Waals surface area contributed by atoms with Crippen LogP contribution in [0.5, 0.6) is 0 Å². The van der Waals surface area contributed by atoms with Crippen LogP contribution >= 0.6 is 0 Å². The Morgan fingerprint density at radius 3 is 2.73 bits per heavy atom. The highest BCUT2D eigenvalue weighted by molar-refractivity contribution is 5.20. The summed E-state index contributed by atoms with van der Waals surface area (Å²) >= 11 is 0. The molecular formula is C9H6F2N2O2. The van der Waals surface area contributed by atoms with Crippen LogP contribution < -0.4 is 5.76 Å². The Bertz CT molecular complexity index is 533. The summed E-state index contributed by atoms with van der Waals surface area (Å²) < 4.78 is 29.6. The first-order valence-electron chi connectivity index (χ1n) is 4.14. The Morgan fingerprint density at radius 1 is 1.33 bits per heavy atom. The number of benzene rings is 1. The van der Waals surface area contributed by atoms with Gasteiger partial charge in [-0.25, -0.2) is 13.6 Å². The van der Waals surface area contributed by atoms with E-state index in [0.717, 1.165) is 12.1 Å². The number of aromatic amines is 1. The highest BCUT2D eigenvalue weighted by Crippen LogP contribution is 2.10. The number of hydrogen-bond donors (Lipinski definition) is 1. The second-order valence-corrected chi connectivity index (χ2v) is 2.97. The molecule has 4 nitrogen and oxygen atoms in total. The van der Waals surface area contributed by atoms with Crippen LogP contribution in [-0.4, -0.2) is 10.1 Å². The van der Waals surface area contributed by atoms with Crippen molar-refractivity contribution in [2.75, 3.05) is 0 Å². The zero-order chi connectivity index (χ0) is 10.8. The topological polar surface area (TPSA) is 58.9 Å². The Labute approximate surface area is 82.5 Å². The first-order valence-corrected chi connectivity index (χ1v) is 4.14. The lowest BCUT2D eigenvalue weighted by molar-refractivity contribution is 0.382. The molecule has 78 valence electrons. The average molecular weight is 212 g/mol. The van der Waals surface area contributed by atoms with Gasteiger partial charge in [0.2, 0.25) is 0 Å². The zero-order valence-electron chi connectivity index (χ0n) is 7.46. The van der Waals surface area contributed by atoms with E-state index < -0.39 is 17.4 Å². The van der Waals surface area contributed by atoms with Crippen molar-refractivity contribution in [3.05, 3.63) is 51.8 Å². The Hall–Kier alpha value is -1.98. The second kappa shape index (κ2) is 3.64. The van der Waals surface area contributed by atoms with Gasteiger partial charge in [-0.05, 0) is 17.7 Å². The van der Waals surface area contributed by atoms with E-state index in [4.69, 9.17) is 0 Å². The third kappa shape index (κ3) is 2.09. The predicted molar refractivity (Wildman–Crippen MR) is 46.3 cm³/mol. The summed E-state index contributed by atoms with van der Waals surface area (Å²) in [5.41, 5.74) is 0.499. The number of rotatable bonds is 2. The summed E-state index contributed by atoms with van der Waals surface area (Å²) in [5.74, 6) is -2.25. The van der Waals surface area contributed by atoms with Crippen molar-refractivity contribution in [1.82, 2.24) is 10.1 Å². The van der Waals surface area contributed by atoms with Crippen molar-refractivity contribution in [3.8, 4) is 0 Å². The van der Waals surface area contributed by atoms with E-state index in [1.807, 2.05) is 0 Å². The highest BCUT2D eigenvalue weighted by atomic mass is 19.2. The first kappa shape index (κ1) is 9.57.